The number of hydrogen-bond donors (Lipinski definition) is 1. The monoisotopic (exact) mass is 294 g/mol. The normalized spacial score (nSPS) is 11.8. The summed E-state index contributed by atoms with van der Waals surface area (Å²) in [4.78, 5) is 11.2. The van der Waals surface area contributed by atoms with Crippen LogP contribution in [0.25, 0.3) is 0 Å². The third-order valence-electron chi connectivity index (χ3n) is 3.24. The van der Waals surface area contributed by atoms with Gasteiger partial charge in [-0.05, 0) is 36.4 Å². The summed E-state index contributed by atoms with van der Waals surface area (Å²) in [5.74, 6) is 0.329. The third-order valence-corrected chi connectivity index (χ3v) is 3.24. The molecule has 1 unspecified atom stereocenters. The number of carboxylic acid groups (broad SMARTS) is 1. The fourth-order valence-corrected chi connectivity index (χ4v) is 2.20. The van der Waals surface area contributed by atoms with Gasteiger partial charge in [0.15, 0.2) is 6.10 Å². The molecule has 3 rings (SSSR count). The van der Waals surface area contributed by atoms with E-state index in [4.69, 9.17) is 14.3 Å². The van der Waals surface area contributed by atoms with Crippen molar-refractivity contribution in [3.05, 3.63) is 89.9 Å². The lowest BCUT2D eigenvalue weighted by molar-refractivity contribution is 0.0696. The van der Waals surface area contributed by atoms with Gasteiger partial charge >= 0.3 is 5.97 Å². The molecule has 0 aliphatic carbocycles. The molecule has 1 N–H and O–H groups in total. The Kier molecular flexibility index (Phi) is 3.92. The Balaban J connectivity index is 1.99. The summed E-state index contributed by atoms with van der Waals surface area (Å²) in [7, 11) is 0. The first-order valence-corrected chi connectivity index (χ1v) is 6.82. The smallest absolute Gasteiger partial charge is 0.335 e. The molecule has 1 atom stereocenters. The number of hydrogen-bond acceptors (Lipinski definition) is 3. The number of carbonyl (C=O) groups is 1. The average molecular weight is 294 g/mol. The number of furan rings is 1. The van der Waals surface area contributed by atoms with Crippen molar-refractivity contribution >= 4 is 5.97 Å². The van der Waals surface area contributed by atoms with Gasteiger partial charge in [0.05, 0.1) is 11.8 Å². The fourth-order valence-electron chi connectivity index (χ4n) is 2.20. The Morgan fingerprint density at radius 1 is 1.00 bits per heavy atom. The van der Waals surface area contributed by atoms with Crippen LogP contribution in [0.15, 0.2) is 77.4 Å². The zero-order valence-electron chi connectivity index (χ0n) is 11.7. The molecular weight excluding hydrogens is 280 g/mol. The zero-order valence-corrected chi connectivity index (χ0v) is 11.7. The molecule has 0 amide bonds. The van der Waals surface area contributed by atoms with Gasteiger partial charge in [0, 0.05) is 5.56 Å². The summed E-state index contributed by atoms with van der Waals surface area (Å²) in [6, 6.07) is 19.6. The Labute approximate surface area is 127 Å². The van der Waals surface area contributed by atoms with Crippen molar-refractivity contribution in [2.24, 2.45) is 0 Å². The van der Waals surface area contributed by atoms with Crippen LogP contribution in [0.2, 0.25) is 0 Å². The lowest BCUT2D eigenvalue weighted by Crippen LogP contribution is -2.10. The van der Waals surface area contributed by atoms with Crippen LogP contribution in [-0.4, -0.2) is 11.1 Å². The van der Waals surface area contributed by atoms with E-state index in [0.29, 0.717) is 11.5 Å². The molecule has 0 spiro atoms. The Morgan fingerprint density at radius 2 is 1.82 bits per heavy atom. The van der Waals surface area contributed by atoms with Crippen molar-refractivity contribution in [1.29, 1.82) is 0 Å². The van der Waals surface area contributed by atoms with Gasteiger partial charge in [-0.3, -0.25) is 0 Å². The highest BCUT2D eigenvalue weighted by molar-refractivity contribution is 5.87. The van der Waals surface area contributed by atoms with Crippen LogP contribution in [0.3, 0.4) is 0 Å². The van der Waals surface area contributed by atoms with Crippen molar-refractivity contribution in [1.82, 2.24) is 0 Å². The Morgan fingerprint density at radius 3 is 2.50 bits per heavy atom. The van der Waals surface area contributed by atoms with Crippen LogP contribution in [0.1, 0.15) is 27.8 Å². The van der Waals surface area contributed by atoms with Gasteiger partial charge in [0.2, 0.25) is 0 Å². The minimum atomic E-state index is -0.972. The topological polar surface area (TPSA) is 59.7 Å². The van der Waals surface area contributed by atoms with Gasteiger partial charge in [-0.25, -0.2) is 4.79 Å². The molecule has 0 aliphatic heterocycles. The van der Waals surface area contributed by atoms with E-state index in [1.54, 1.807) is 36.6 Å². The first-order chi connectivity index (χ1) is 10.7. The fraction of sp³-hybridized carbons (Fsp3) is 0.0556. The van der Waals surface area contributed by atoms with Gasteiger partial charge in [-0.15, -0.1) is 0 Å². The highest BCUT2D eigenvalue weighted by atomic mass is 16.5. The van der Waals surface area contributed by atoms with Gasteiger partial charge in [0.1, 0.15) is 11.5 Å². The first-order valence-electron chi connectivity index (χ1n) is 6.82. The number of ether oxygens (including phenoxy) is 1. The van der Waals surface area contributed by atoms with E-state index in [0.717, 1.165) is 5.56 Å². The molecule has 2 aromatic carbocycles. The number of aromatic carboxylic acids is 1. The van der Waals surface area contributed by atoms with E-state index in [9.17, 15) is 4.79 Å². The van der Waals surface area contributed by atoms with Gasteiger partial charge < -0.3 is 14.3 Å². The van der Waals surface area contributed by atoms with Crippen molar-refractivity contribution in [3.63, 3.8) is 0 Å². The predicted octanol–water partition coefficient (Wildman–Crippen LogP) is 4.15. The molecule has 3 aromatic rings. The molecular formula is C18H14O4. The van der Waals surface area contributed by atoms with Crippen molar-refractivity contribution in [2.45, 2.75) is 6.10 Å². The predicted molar refractivity (Wildman–Crippen MR) is 81.0 cm³/mol. The van der Waals surface area contributed by atoms with Gasteiger partial charge in [0.25, 0.3) is 0 Å². The van der Waals surface area contributed by atoms with Crippen molar-refractivity contribution < 1.29 is 19.1 Å². The van der Waals surface area contributed by atoms with Crippen LogP contribution in [-0.2, 0) is 0 Å². The van der Waals surface area contributed by atoms with Crippen LogP contribution >= 0.6 is 0 Å². The maximum Gasteiger partial charge on any atom is 0.335 e. The molecule has 0 saturated carbocycles. The second-order valence-electron chi connectivity index (χ2n) is 4.76. The molecule has 4 nitrogen and oxygen atoms in total. The van der Waals surface area contributed by atoms with Crippen LogP contribution in [0.4, 0.5) is 0 Å². The SMILES string of the molecule is O=C(O)c1cccc(C(Oc2ccccc2)c2ccco2)c1. The van der Waals surface area contributed by atoms with Crippen LogP contribution < -0.4 is 4.74 Å². The Bertz CT molecular complexity index is 748. The standard InChI is InChI=1S/C18H14O4/c19-18(20)14-7-4-6-13(12-14)17(16-10-5-11-21-16)22-15-8-2-1-3-9-15/h1-12,17H,(H,19,20). The maximum absolute atomic E-state index is 11.2. The van der Waals surface area contributed by atoms with E-state index in [2.05, 4.69) is 0 Å². The summed E-state index contributed by atoms with van der Waals surface area (Å²) in [5, 5.41) is 9.15. The zero-order chi connectivity index (χ0) is 15.4. The van der Waals surface area contributed by atoms with Crippen molar-refractivity contribution in [3.8, 4) is 5.75 Å². The molecule has 1 aromatic heterocycles. The molecule has 22 heavy (non-hydrogen) atoms. The minimum Gasteiger partial charge on any atom is -0.478 e. The number of rotatable bonds is 5. The number of para-hydroxylation sites is 1. The van der Waals surface area contributed by atoms with Gasteiger partial charge in [-0.2, -0.15) is 0 Å². The number of benzene rings is 2. The molecule has 0 saturated heterocycles. The molecule has 110 valence electrons. The first kappa shape index (κ1) is 13.9. The summed E-state index contributed by atoms with van der Waals surface area (Å²) in [6.45, 7) is 0. The highest BCUT2D eigenvalue weighted by Crippen LogP contribution is 2.29. The molecule has 0 aliphatic rings. The largest absolute Gasteiger partial charge is 0.478 e. The quantitative estimate of drug-likeness (QED) is 0.768. The van der Waals surface area contributed by atoms with E-state index in [-0.39, 0.29) is 5.56 Å². The summed E-state index contributed by atoms with van der Waals surface area (Å²) >= 11 is 0. The molecule has 0 bridgehead atoms. The third kappa shape index (κ3) is 3.01. The second kappa shape index (κ2) is 6.18. The highest BCUT2D eigenvalue weighted by Gasteiger charge is 2.20. The molecule has 0 fully saturated rings. The molecule has 4 heteroatoms. The number of carboxylic acids is 1. The second-order valence-corrected chi connectivity index (χ2v) is 4.76. The van der Waals surface area contributed by atoms with E-state index >= 15 is 0 Å². The lowest BCUT2D eigenvalue weighted by atomic mass is 10.0. The van der Waals surface area contributed by atoms with Crippen molar-refractivity contribution in [2.75, 3.05) is 0 Å². The maximum atomic E-state index is 11.2. The summed E-state index contributed by atoms with van der Waals surface area (Å²) in [5.41, 5.74) is 0.935. The van der Waals surface area contributed by atoms with E-state index in [1.807, 2.05) is 36.4 Å². The molecule has 0 radical (unpaired) electrons. The summed E-state index contributed by atoms with van der Waals surface area (Å²) < 4.78 is 11.4. The molecule has 1 heterocycles. The van der Waals surface area contributed by atoms with Crippen LogP contribution in [0.5, 0.6) is 5.75 Å². The van der Waals surface area contributed by atoms with E-state index in [1.165, 1.54) is 0 Å². The minimum absolute atomic E-state index is 0.214. The average Bonchev–Trinajstić information content (AvgIpc) is 3.08. The Hall–Kier alpha value is -3.01. The summed E-state index contributed by atoms with van der Waals surface area (Å²) in [6.07, 6.45) is 1.06. The van der Waals surface area contributed by atoms with Gasteiger partial charge in [-0.1, -0.05) is 30.3 Å². The van der Waals surface area contributed by atoms with Crippen LogP contribution in [0, 0.1) is 0 Å². The lowest BCUT2D eigenvalue weighted by Gasteiger charge is -2.18. The van der Waals surface area contributed by atoms with E-state index < -0.39 is 12.1 Å².